The first kappa shape index (κ1) is 15.2. The second kappa shape index (κ2) is 6.03. The van der Waals surface area contributed by atoms with Crippen molar-refractivity contribution < 1.29 is 18.0 Å². The van der Waals surface area contributed by atoms with Gasteiger partial charge in [0, 0.05) is 18.0 Å². The largest absolute Gasteiger partial charge is 0.393 e. The molecule has 1 aromatic heterocycles. The normalized spacial score (nSPS) is 21.6. The van der Waals surface area contributed by atoms with Gasteiger partial charge in [0.05, 0.1) is 12.0 Å². The van der Waals surface area contributed by atoms with E-state index in [-0.39, 0.29) is 19.0 Å². The first-order valence-electron chi connectivity index (χ1n) is 6.53. The number of likely N-dealkylation sites (tertiary alicyclic amines) is 1. The summed E-state index contributed by atoms with van der Waals surface area (Å²) in [6.07, 6.45) is -3.73. The average molecular weight is 306 g/mol. The Morgan fingerprint density at radius 2 is 2.30 bits per heavy atom. The molecule has 20 heavy (non-hydrogen) atoms. The number of carbonyl (C=O) groups is 1. The minimum Gasteiger partial charge on any atom is -0.331 e. The Balaban J connectivity index is 1.92. The van der Waals surface area contributed by atoms with Crippen molar-refractivity contribution in [2.45, 2.75) is 32.0 Å². The molecular weight excluding hydrogens is 289 g/mol. The number of rotatable bonds is 2. The zero-order valence-corrected chi connectivity index (χ0v) is 11.9. The predicted molar refractivity (Wildman–Crippen MR) is 71.6 cm³/mol. The van der Waals surface area contributed by atoms with E-state index in [9.17, 15) is 18.0 Å². The molecule has 1 aromatic rings. The first-order valence-corrected chi connectivity index (χ1v) is 7.41. The predicted octanol–water partition coefficient (Wildman–Crippen LogP) is 3.79. The topological polar surface area (TPSA) is 32.3 Å². The monoisotopic (exact) mass is 306 g/mol. The number of alkyl halides is 3. The maximum atomic E-state index is 12.7. The fourth-order valence-corrected chi connectivity index (χ4v) is 3.05. The minimum absolute atomic E-state index is 0.105. The molecule has 0 aliphatic carbocycles. The van der Waals surface area contributed by atoms with E-state index < -0.39 is 18.1 Å². The molecule has 1 fully saturated rings. The molecule has 0 saturated carbocycles. The fraction of sp³-hybridized carbons (Fsp3) is 0.615. The van der Waals surface area contributed by atoms with Gasteiger partial charge in [0.15, 0.2) is 0 Å². The van der Waals surface area contributed by atoms with Gasteiger partial charge in [0.1, 0.15) is 0 Å². The molecule has 0 radical (unpaired) electrons. The third-order valence-electron chi connectivity index (χ3n) is 3.48. The van der Waals surface area contributed by atoms with Gasteiger partial charge in [0.2, 0.25) is 0 Å². The van der Waals surface area contributed by atoms with E-state index in [2.05, 4.69) is 5.32 Å². The summed E-state index contributed by atoms with van der Waals surface area (Å²) >= 11 is 1.51. The lowest BCUT2D eigenvalue weighted by Crippen LogP contribution is -2.48. The van der Waals surface area contributed by atoms with E-state index in [0.29, 0.717) is 13.0 Å². The van der Waals surface area contributed by atoms with E-state index >= 15 is 0 Å². The van der Waals surface area contributed by atoms with Crippen LogP contribution < -0.4 is 5.32 Å². The van der Waals surface area contributed by atoms with Crippen molar-refractivity contribution in [3.63, 3.8) is 0 Å². The fourth-order valence-electron chi connectivity index (χ4n) is 2.31. The van der Waals surface area contributed by atoms with E-state index in [0.717, 1.165) is 4.88 Å². The summed E-state index contributed by atoms with van der Waals surface area (Å²) in [6.45, 7) is 1.97. The Hall–Kier alpha value is -1.24. The maximum absolute atomic E-state index is 12.7. The van der Waals surface area contributed by atoms with Gasteiger partial charge in [-0.15, -0.1) is 11.3 Å². The number of thiophene rings is 1. The van der Waals surface area contributed by atoms with Crippen LogP contribution in [0.3, 0.4) is 0 Å². The molecule has 7 heteroatoms. The number of piperidine rings is 1. The van der Waals surface area contributed by atoms with Crippen LogP contribution in [0.1, 0.15) is 30.7 Å². The van der Waals surface area contributed by atoms with Gasteiger partial charge in [0.25, 0.3) is 0 Å². The van der Waals surface area contributed by atoms with Crippen molar-refractivity contribution in [2.24, 2.45) is 5.92 Å². The summed E-state index contributed by atoms with van der Waals surface area (Å²) in [6, 6.07) is 3.17. The third kappa shape index (κ3) is 3.65. The second-order valence-corrected chi connectivity index (χ2v) is 5.99. The zero-order valence-electron chi connectivity index (χ0n) is 11.1. The van der Waals surface area contributed by atoms with Gasteiger partial charge < -0.3 is 10.2 Å². The summed E-state index contributed by atoms with van der Waals surface area (Å²) < 4.78 is 38.1. The van der Waals surface area contributed by atoms with Crippen LogP contribution in [-0.4, -0.2) is 30.2 Å². The number of hydrogen-bond acceptors (Lipinski definition) is 2. The highest BCUT2D eigenvalue weighted by molar-refractivity contribution is 7.10. The molecule has 2 amide bonds. The molecule has 0 aromatic carbocycles. The standard InChI is InChI=1S/C13H17F3N2OS/c1-9(11-5-3-7-20-11)17-12(19)18-6-2-4-10(8-18)13(14,15)16/h3,5,7,9-10H,2,4,6,8H2,1H3,(H,17,19)/t9-,10+/m0/s1. The minimum atomic E-state index is -4.22. The molecular formula is C13H17F3N2OS. The number of urea groups is 1. The second-order valence-electron chi connectivity index (χ2n) is 5.01. The SMILES string of the molecule is C[C@H](NC(=O)N1CCC[C@@H](C(F)(F)F)C1)c1cccs1. The molecule has 3 nitrogen and oxygen atoms in total. The molecule has 112 valence electrons. The van der Waals surface area contributed by atoms with Crippen molar-refractivity contribution in [3.05, 3.63) is 22.4 Å². The van der Waals surface area contributed by atoms with E-state index in [1.165, 1.54) is 16.2 Å². The van der Waals surface area contributed by atoms with Crippen LogP contribution >= 0.6 is 11.3 Å². The van der Waals surface area contributed by atoms with Gasteiger partial charge in [-0.05, 0) is 31.2 Å². The van der Waals surface area contributed by atoms with Crippen molar-refractivity contribution >= 4 is 17.4 Å². The number of amides is 2. The first-order chi connectivity index (χ1) is 9.38. The van der Waals surface area contributed by atoms with Crippen molar-refractivity contribution in [2.75, 3.05) is 13.1 Å². The summed E-state index contributed by atoms with van der Waals surface area (Å²) in [5, 5.41) is 4.66. The van der Waals surface area contributed by atoms with Crippen molar-refractivity contribution in [1.29, 1.82) is 0 Å². The molecule has 1 aliphatic rings. The molecule has 0 spiro atoms. The van der Waals surface area contributed by atoms with Crippen LogP contribution in [0.2, 0.25) is 0 Å². The summed E-state index contributed by atoms with van der Waals surface area (Å²) in [5.41, 5.74) is 0. The van der Waals surface area contributed by atoms with Crippen LogP contribution in [0.5, 0.6) is 0 Å². The molecule has 2 rings (SSSR count). The molecule has 1 aliphatic heterocycles. The van der Waals surface area contributed by atoms with E-state index in [1.807, 2.05) is 24.4 Å². The lowest BCUT2D eigenvalue weighted by Gasteiger charge is -2.34. The van der Waals surface area contributed by atoms with Crippen LogP contribution in [-0.2, 0) is 0 Å². The number of nitrogens with zero attached hydrogens (tertiary/aromatic N) is 1. The smallest absolute Gasteiger partial charge is 0.331 e. The lowest BCUT2D eigenvalue weighted by molar-refractivity contribution is -0.184. The third-order valence-corrected chi connectivity index (χ3v) is 4.54. The van der Waals surface area contributed by atoms with Crippen molar-refractivity contribution in [1.82, 2.24) is 10.2 Å². The summed E-state index contributed by atoms with van der Waals surface area (Å²) in [7, 11) is 0. The zero-order chi connectivity index (χ0) is 14.8. The maximum Gasteiger partial charge on any atom is 0.393 e. The molecule has 0 bridgehead atoms. The lowest BCUT2D eigenvalue weighted by atomic mass is 9.98. The van der Waals surface area contributed by atoms with Crippen LogP contribution in [0.15, 0.2) is 17.5 Å². The number of halogens is 3. The summed E-state index contributed by atoms with van der Waals surface area (Å²) in [5.74, 6) is -1.40. The number of nitrogens with one attached hydrogen (secondary N) is 1. The Morgan fingerprint density at radius 1 is 1.55 bits per heavy atom. The average Bonchev–Trinajstić information content (AvgIpc) is 2.91. The molecule has 1 saturated heterocycles. The van der Waals surface area contributed by atoms with Gasteiger partial charge in [-0.1, -0.05) is 6.07 Å². The van der Waals surface area contributed by atoms with Gasteiger partial charge in [-0.25, -0.2) is 4.79 Å². The quantitative estimate of drug-likeness (QED) is 0.886. The Kier molecular flexibility index (Phi) is 4.57. The molecule has 2 heterocycles. The molecule has 0 unspecified atom stereocenters. The summed E-state index contributed by atoms with van der Waals surface area (Å²) in [4.78, 5) is 14.3. The van der Waals surface area contributed by atoms with Crippen LogP contribution in [0.4, 0.5) is 18.0 Å². The highest BCUT2D eigenvalue weighted by atomic mass is 32.1. The van der Waals surface area contributed by atoms with E-state index in [1.54, 1.807) is 0 Å². The Bertz CT molecular complexity index is 447. The molecule has 1 N–H and O–H groups in total. The Labute approximate surface area is 119 Å². The highest BCUT2D eigenvalue weighted by Gasteiger charge is 2.42. The number of carbonyl (C=O) groups excluding carboxylic acids is 1. The van der Waals surface area contributed by atoms with E-state index in [4.69, 9.17) is 0 Å². The van der Waals surface area contributed by atoms with Gasteiger partial charge in [-0.2, -0.15) is 13.2 Å². The highest BCUT2D eigenvalue weighted by Crippen LogP contribution is 2.33. The van der Waals surface area contributed by atoms with Crippen molar-refractivity contribution in [3.8, 4) is 0 Å². The van der Waals surface area contributed by atoms with Crippen LogP contribution in [0.25, 0.3) is 0 Å². The number of hydrogen-bond donors (Lipinski definition) is 1. The van der Waals surface area contributed by atoms with Gasteiger partial charge in [-0.3, -0.25) is 0 Å². The molecule has 2 atom stereocenters. The van der Waals surface area contributed by atoms with Crippen LogP contribution in [0, 0.1) is 5.92 Å². The van der Waals surface area contributed by atoms with Gasteiger partial charge >= 0.3 is 12.2 Å². The Morgan fingerprint density at radius 3 is 2.90 bits per heavy atom.